The summed E-state index contributed by atoms with van der Waals surface area (Å²) in [5.74, 6) is -0.708. The first-order valence-corrected chi connectivity index (χ1v) is 11.5. The van der Waals surface area contributed by atoms with Gasteiger partial charge >= 0.3 is 0 Å². The molecule has 0 spiro atoms. The molecule has 10 heteroatoms. The van der Waals surface area contributed by atoms with Gasteiger partial charge in [0.25, 0.3) is 17.7 Å². The molecule has 0 saturated heterocycles. The Hall–Kier alpha value is -4.44. The maximum absolute atomic E-state index is 13.1. The molecule has 0 saturated carbocycles. The average molecular weight is 549 g/mol. The predicted molar refractivity (Wildman–Crippen MR) is 139 cm³/mol. The second kappa shape index (κ2) is 10.9. The van der Waals surface area contributed by atoms with Crippen molar-refractivity contribution in [1.29, 1.82) is 0 Å². The molecule has 3 N–H and O–H groups in total. The molecule has 1 aliphatic heterocycles. The fraction of sp³-hybridized carbons (Fsp3) is 0.0769. The molecule has 4 rings (SSSR count). The van der Waals surface area contributed by atoms with Gasteiger partial charge in [-0.15, -0.1) is 0 Å². The van der Waals surface area contributed by atoms with Crippen molar-refractivity contribution in [3.63, 3.8) is 0 Å². The Morgan fingerprint density at radius 1 is 0.972 bits per heavy atom. The lowest BCUT2D eigenvalue weighted by molar-refractivity contribution is -0.117. The van der Waals surface area contributed by atoms with Crippen molar-refractivity contribution in [2.24, 2.45) is 5.10 Å². The summed E-state index contributed by atoms with van der Waals surface area (Å²) in [6, 6.07) is 18.7. The van der Waals surface area contributed by atoms with Gasteiger partial charge in [-0.2, -0.15) is 5.10 Å². The molecular weight excluding hydrogens is 528 g/mol. The van der Waals surface area contributed by atoms with Gasteiger partial charge in [0.1, 0.15) is 5.70 Å². The van der Waals surface area contributed by atoms with Crippen LogP contribution in [0.5, 0.6) is 11.5 Å². The lowest BCUT2D eigenvalue weighted by atomic mass is 10.1. The number of halogens is 1. The van der Waals surface area contributed by atoms with Gasteiger partial charge < -0.3 is 20.1 Å². The molecule has 0 fully saturated rings. The minimum atomic E-state index is -0.724. The number of rotatable bonds is 7. The monoisotopic (exact) mass is 548 g/mol. The van der Waals surface area contributed by atoms with E-state index in [0.717, 1.165) is 4.47 Å². The average Bonchev–Trinajstić information content (AvgIpc) is 3.21. The van der Waals surface area contributed by atoms with E-state index >= 15 is 0 Å². The number of fused-ring (bicyclic) bond motifs is 1. The molecule has 1 aliphatic rings. The molecule has 1 heterocycles. The normalized spacial score (nSPS) is 13.6. The van der Waals surface area contributed by atoms with Crippen molar-refractivity contribution < 1.29 is 23.9 Å². The fourth-order valence-electron chi connectivity index (χ4n) is 3.45. The Bertz CT molecular complexity index is 1400. The largest absolute Gasteiger partial charge is 0.493 e. The van der Waals surface area contributed by atoms with Crippen LogP contribution in [0.2, 0.25) is 0 Å². The summed E-state index contributed by atoms with van der Waals surface area (Å²) in [6.45, 7) is 0. The van der Waals surface area contributed by atoms with Crippen LogP contribution in [0, 0.1) is 0 Å². The number of carbonyl (C=O) groups excluding carboxylic acids is 3. The van der Waals surface area contributed by atoms with Crippen LogP contribution >= 0.6 is 15.9 Å². The van der Waals surface area contributed by atoms with Gasteiger partial charge in [-0.25, -0.2) is 5.43 Å². The molecule has 3 aromatic carbocycles. The van der Waals surface area contributed by atoms with Crippen LogP contribution in [0.4, 0.5) is 5.69 Å². The van der Waals surface area contributed by atoms with E-state index in [-0.39, 0.29) is 11.4 Å². The second-order valence-electron chi connectivity index (χ2n) is 7.54. The highest BCUT2D eigenvalue weighted by molar-refractivity contribution is 9.10. The highest BCUT2D eigenvalue weighted by Gasteiger charge is 2.27. The number of amides is 3. The zero-order valence-corrected chi connectivity index (χ0v) is 20.9. The third kappa shape index (κ3) is 5.44. The molecule has 0 aromatic heterocycles. The second-order valence-corrected chi connectivity index (χ2v) is 8.45. The van der Waals surface area contributed by atoms with E-state index in [0.29, 0.717) is 33.9 Å². The van der Waals surface area contributed by atoms with Gasteiger partial charge in [0, 0.05) is 15.6 Å². The SMILES string of the molecule is COc1ccc(C=C(NC(=O)c2ccccc2)C(=O)NN=C2C(=O)Nc3ccc(Br)cc32)cc1OC. The third-order valence-electron chi connectivity index (χ3n) is 5.22. The number of hydrogen-bond donors (Lipinski definition) is 3. The highest BCUT2D eigenvalue weighted by atomic mass is 79.9. The topological polar surface area (TPSA) is 118 Å². The van der Waals surface area contributed by atoms with Crippen LogP contribution in [0.1, 0.15) is 21.5 Å². The third-order valence-corrected chi connectivity index (χ3v) is 5.71. The summed E-state index contributed by atoms with van der Waals surface area (Å²) in [4.78, 5) is 38.3. The standard InChI is InChI=1S/C26H21BrN4O5/c1-35-21-11-8-15(13-22(21)36-2)12-20(29-24(32)16-6-4-3-5-7-16)25(33)31-30-23-18-14-17(27)9-10-19(18)28-26(23)34/h3-14H,1-2H3,(H,29,32)(H,31,33)(H,28,30,34). The zero-order chi connectivity index (χ0) is 25.7. The number of hydrogen-bond acceptors (Lipinski definition) is 6. The Labute approximate surface area is 215 Å². The van der Waals surface area contributed by atoms with E-state index in [1.807, 2.05) is 0 Å². The Morgan fingerprint density at radius 2 is 1.72 bits per heavy atom. The Morgan fingerprint density at radius 3 is 2.44 bits per heavy atom. The summed E-state index contributed by atoms with van der Waals surface area (Å²) in [5, 5.41) is 9.35. The summed E-state index contributed by atoms with van der Waals surface area (Å²) < 4.78 is 11.3. The van der Waals surface area contributed by atoms with Gasteiger partial charge in [0.05, 0.1) is 19.9 Å². The highest BCUT2D eigenvalue weighted by Crippen LogP contribution is 2.29. The van der Waals surface area contributed by atoms with Crippen molar-refractivity contribution >= 4 is 51.1 Å². The van der Waals surface area contributed by atoms with Crippen molar-refractivity contribution in [3.8, 4) is 11.5 Å². The fourth-order valence-corrected chi connectivity index (χ4v) is 3.82. The Kier molecular flexibility index (Phi) is 7.45. The first-order chi connectivity index (χ1) is 17.4. The lowest BCUT2D eigenvalue weighted by Crippen LogP contribution is -2.33. The first-order valence-electron chi connectivity index (χ1n) is 10.7. The molecule has 3 amide bonds. The number of anilines is 1. The van der Waals surface area contributed by atoms with Crippen LogP contribution in [-0.4, -0.2) is 37.7 Å². The van der Waals surface area contributed by atoms with E-state index in [4.69, 9.17) is 9.47 Å². The van der Waals surface area contributed by atoms with E-state index in [9.17, 15) is 14.4 Å². The number of carbonyl (C=O) groups is 3. The minimum Gasteiger partial charge on any atom is -0.493 e. The van der Waals surface area contributed by atoms with Gasteiger partial charge in [-0.3, -0.25) is 14.4 Å². The molecular formula is C26H21BrN4O5. The van der Waals surface area contributed by atoms with Crippen molar-refractivity contribution in [1.82, 2.24) is 10.7 Å². The number of nitrogens with one attached hydrogen (secondary N) is 3. The van der Waals surface area contributed by atoms with Crippen LogP contribution in [-0.2, 0) is 9.59 Å². The van der Waals surface area contributed by atoms with Crippen molar-refractivity contribution in [2.75, 3.05) is 19.5 Å². The van der Waals surface area contributed by atoms with Crippen molar-refractivity contribution in [3.05, 3.63) is 93.6 Å². The molecule has 3 aromatic rings. The van der Waals surface area contributed by atoms with Crippen LogP contribution < -0.4 is 25.5 Å². The number of hydrazone groups is 1. The number of ether oxygens (including phenoxy) is 2. The summed E-state index contributed by atoms with van der Waals surface area (Å²) in [5.41, 5.74) is 4.37. The van der Waals surface area contributed by atoms with Gasteiger partial charge in [0.2, 0.25) is 0 Å². The van der Waals surface area contributed by atoms with Crippen molar-refractivity contribution in [2.45, 2.75) is 0 Å². The molecule has 36 heavy (non-hydrogen) atoms. The van der Waals surface area contributed by atoms with E-state index < -0.39 is 17.7 Å². The summed E-state index contributed by atoms with van der Waals surface area (Å²) >= 11 is 3.37. The molecule has 0 atom stereocenters. The molecule has 0 unspecified atom stereocenters. The quantitative estimate of drug-likeness (QED) is 0.307. The Balaban J connectivity index is 1.65. The van der Waals surface area contributed by atoms with Gasteiger partial charge in [0.15, 0.2) is 17.2 Å². The molecule has 0 bridgehead atoms. The van der Waals surface area contributed by atoms with Gasteiger partial charge in [-0.05, 0) is 54.1 Å². The molecule has 9 nitrogen and oxygen atoms in total. The first kappa shape index (κ1) is 24.7. The maximum Gasteiger partial charge on any atom is 0.287 e. The van der Waals surface area contributed by atoms with Crippen LogP contribution in [0.3, 0.4) is 0 Å². The van der Waals surface area contributed by atoms with Gasteiger partial charge in [-0.1, -0.05) is 40.2 Å². The van der Waals surface area contributed by atoms with E-state index in [1.165, 1.54) is 20.3 Å². The maximum atomic E-state index is 13.1. The summed E-state index contributed by atoms with van der Waals surface area (Å²) in [6.07, 6.45) is 1.47. The molecule has 0 radical (unpaired) electrons. The smallest absolute Gasteiger partial charge is 0.287 e. The van der Waals surface area contributed by atoms with E-state index in [2.05, 4.69) is 37.1 Å². The number of nitrogens with zero attached hydrogens (tertiary/aromatic N) is 1. The number of benzene rings is 3. The zero-order valence-electron chi connectivity index (χ0n) is 19.3. The molecule has 182 valence electrons. The van der Waals surface area contributed by atoms with Crippen LogP contribution in [0.15, 0.2) is 82.0 Å². The minimum absolute atomic E-state index is 0.0412. The van der Waals surface area contributed by atoms with Crippen LogP contribution in [0.25, 0.3) is 6.08 Å². The lowest BCUT2D eigenvalue weighted by Gasteiger charge is -2.11. The predicted octanol–water partition coefficient (Wildman–Crippen LogP) is 3.71. The number of methoxy groups -OCH3 is 2. The summed E-state index contributed by atoms with van der Waals surface area (Å²) in [7, 11) is 3.01. The molecule has 0 aliphatic carbocycles. The van der Waals surface area contributed by atoms with E-state index in [1.54, 1.807) is 66.7 Å².